The van der Waals surface area contributed by atoms with E-state index in [1.165, 1.54) is 57.8 Å². The number of unbranched alkanes of at least 4 members (excludes halogenated alkanes) is 10. The van der Waals surface area contributed by atoms with Crippen molar-refractivity contribution in [2.75, 3.05) is 0 Å². The first-order valence-corrected chi connectivity index (χ1v) is 9.82. The van der Waals surface area contributed by atoms with Crippen LogP contribution < -0.4 is 0 Å². The van der Waals surface area contributed by atoms with Crippen LogP contribution in [0, 0.1) is 0 Å². The molecule has 0 aliphatic rings. The van der Waals surface area contributed by atoms with E-state index in [0.717, 1.165) is 25.7 Å². The second-order valence-electron chi connectivity index (χ2n) is 6.68. The van der Waals surface area contributed by atoms with Crippen molar-refractivity contribution in [2.24, 2.45) is 0 Å². The number of aliphatic carboxylic acids is 1. The number of carboxylic acids is 1. The molecule has 0 aliphatic carbocycles. The van der Waals surface area contributed by atoms with Crippen LogP contribution in [0.4, 0.5) is 0 Å². The number of carbonyl (C=O) groups is 1. The van der Waals surface area contributed by atoms with Crippen LogP contribution in [0.2, 0.25) is 0 Å². The molecule has 0 aromatic carbocycles. The van der Waals surface area contributed by atoms with Gasteiger partial charge in [-0.25, -0.2) is 0 Å². The Morgan fingerprint density at radius 1 is 0.792 bits per heavy atom. The summed E-state index contributed by atoms with van der Waals surface area (Å²) in [7, 11) is 0. The fourth-order valence-corrected chi connectivity index (χ4v) is 2.75. The monoisotopic (exact) mass is 338 g/mol. The van der Waals surface area contributed by atoms with Gasteiger partial charge in [-0.2, -0.15) is 0 Å². The second kappa shape index (κ2) is 18.3. The largest absolute Gasteiger partial charge is 0.481 e. The van der Waals surface area contributed by atoms with Gasteiger partial charge in [0.2, 0.25) is 0 Å². The lowest BCUT2D eigenvalue weighted by atomic mass is 10.0. The topological polar surface area (TPSA) is 57.5 Å². The van der Waals surface area contributed by atoms with Crippen molar-refractivity contribution in [3.05, 3.63) is 24.8 Å². The molecule has 1 unspecified atom stereocenters. The van der Waals surface area contributed by atoms with Gasteiger partial charge in [-0.3, -0.25) is 4.79 Å². The third-order valence-corrected chi connectivity index (χ3v) is 4.30. The highest BCUT2D eigenvalue weighted by molar-refractivity contribution is 5.66. The van der Waals surface area contributed by atoms with E-state index < -0.39 is 12.1 Å². The number of carboxylic acid groups (broad SMARTS) is 1. The minimum Gasteiger partial charge on any atom is -0.481 e. The van der Waals surface area contributed by atoms with E-state index in [1.807, 2.05) is 6.08 Å². The zero-order valence-electron chi connectivity index (χ0n) is 15.4. The predicted octanol–water partition coefficient (Wildman–Crippen LogP) is 6.03. The molecular weight excluding hydrogens is 300 g/mol. The molecular formula is C21H38O3. The summed E-state index contributed by atoms with van der Waals surface area (Å²) in [6.07, 6.45) is 22.0. The van der Waals surface area contributed by atoms with Crippen LogP contribution in [0.15, 0.2) is 24.8 Å². The van der Waals surface area contributed by atoms with Crippen LogP contribution in [0.5, 0.6) is 0 Å². The van der Waals surface area contributed by atoms with Gasteiger partial charge < -0.3 is 10.2 Å². The zero-order chi connectivity index (χ0) is 17.9. The summed E-state index contributed by atoms with van der Waals surface area (Å²) in [4.78, 5) is 10.4. The normalized spacial score (nSPS) is 12.5. The molecule has 0 radical (unpaired) electrons. The fraction of sp³-hybridized carbons (Fsp3) is 0.762. The van der Waals surface area contributed by atoms with Crippen molar-refractivity contribution in [1.29, 1.82) is 0 Å². The third kappa shape index (κ3) is 19.0. The lowest BCUT2D eigenvalue weighted by Gasteiger charge is -2.08. The Morgan fingerprint density at radius 3 is 1.83 bits per heavy atom. The SMILES string of the molecule is C=CCCCCCCC=CCCCCCCCC(O)CCC(=O)O. The maximum Gasteiger partial charge on any atom is 0.303 e. The Hall–Kier alpha value is -1.09. The summed E-state index contributed by atoms with van der Waals surface area (Å²) in [5, 5.41) is 18.2. The Labute approximate surface area is 148 Å². The van der Waals surface area contributed by atoms with Gasteiger partial charge in [0.1, 0.15) is 0 Å². The van der Waals surface area contributed by atoms with Crippen molar-refractivity contribution in [3.8, 4) is 0 Å². The van der Waals surface area contributed by atoms with Gasteiger partial charge in [0.05, 0.1) is 6.10 Å². The van der Waals surface area contributed by atoms with Gasteiger partial charge in [0, 0.05) is 6.42 Å². The molecule has 24 heavy (non-hydrogen) atoms. The van der Waals surface area contributed by atoms with E-state index in [9.17, 15) is 9.90 Å². The van der Waals surface area contributed by atoms with Crippen molar-refractivity contribution in [2.45, 2.75) is 102 Å². The van der Waals surface area contributed by atoms with Gasteiger partial charge in [-0.05, 0) is 51.4 Å². The molecule has 0 saturated carbocycles. The molecule has 1 atom stereocenters. The Balaban J connectivity index is 3.20. The lowest BCUT2D eigenvalue weighted by molar-refractivity contribution is -0.137. The standard InChI is InChI=1S/C21H38O3/c1-2-3-4-5-6-7-8-9-10-11-12-13-14-15-16-17-20(22)18-19-21(23)24/h2,9-10,20,22H,1,3-8,11-19H2,(H,23,24). The minimum absolute atomic E-state index is 0.0718. The maximum atomic E-state index is 10.4. The maximum absolute atomic E-state index is 10.4. The van der Waals surface area contributed by atoms with E-state index in [-0.39, 0.29) is 6.42 Å². The molecule has 0 aromatic heterocycles. The predicted molar refractivity (Wildman–Crippen MR) is 102 cm³/mol. The van der Waals surface area contributed by atoms with Crippen LogP contribution >= 0.6 is 0 Å². The highest BCUT2D eigenvalue weighted by Gasteiger charge is 2.06. The molecule has 0 rings (SSSR count). The van der Waals surface area contributed by atoms with E-state index in [4.69, 9.17) is 5.11 Å². The Morgan fingerprint density at radius 2 is 1.29 bits per heavy atom. The number of hydrogen-bond donors (Lipinski definition) is 2. The molecule has 0 saturated heterocycles. The zero-order valence-corrected chi connectivity index (χ0v) is 15.4. The van der Waals surface area contributed by atoms with Crippen molar-refractivity contribution in [1.82, 2.24) is 0 Å². The smallest absolute Gasteiger partial charge is 0.303 e. The third-order valence-electron chi connectivity index (χ3n) is 4.30. The molecule has 0 fully saturated rings. The van der Waals surface area contributed by atoms with E-state index in [2.05, 4.69) is 18.7 Å². The molecule has 3 heteroatoms. The van der Waals surface area contributed by atoms with E-state index in [0.29, 0.717) is 6.42 Å². The summed E-state index contributed by atoms with van der Waals surface area (Å²) in [6.45, 7) is 3.74. The quantitative estimate of drug-likeness (QED) is 0.237. The summed E-state index contributed by atoms with van der Waals surface area (Å²) < 4.78 is 0. The van der Waals surface area contributed by atoms with Crippen molar-refractivity contribution >= 4 is 5.97 Å². The van der Waals surface area contributed by atoms with Crippen LogP contribution in [0.25, 0.3) is 0 Å². The second-order valence-corrected chi connectivity index (χ2v) is 6.68. The van der Waals surface area contributed by atoms with Crippen LogP contribution in [-0.4, -0.2) is 22.3 Å². The molecule has 0 amide bonds. The van der Waals surface area contributed by atoms with Gasteiger partial charge in [0.25, 0.3) is 0 Å². The van der Waals surface area contributed by atoms with Crippen LogP contribution in [0.3, 0.4) is 0 Å². The molecule has 2 N–H and O–H groups in total. The number of allylic oxidation sites excluding steroid dienone is 3. The first kappa shape index (κ1) is 22.9. The first-order valence-electron chi connectivity index (χ1n) is 9.82. The molecule has 0 spiro atoms. The average Bonchev–Trinajstić information content (AvgIpc) is 2.56. The number of aliphatic hydroxyl groups is 1. The summed E-state index contributed by atoms with van der Waals surface area (Å²) in [6, 6.07) is 0. The number of rotatable bonds is 18. The van der Waals surface area contributed by atoms with Crippen molar-refractivity contribution < 1.29 is 15.0 Å². The highest BCUT2D eigenvalue weighted by atomic mass is 16.4. The van der Waals surface area contributed by atoms with Gasteiger partial charge in [-0.1, -0.05) is 56.8 Å². The number of aliphatic hydroxyl groups excluding tert-OH is 1. The van der Waals surface area contributed by atoms with E-state index in [1.54, 1.807) is 0 Å². The fourth-order valence-electron chi connectivity index (χ4n) is 2.75. The molecule has 0 aliphatic heterocycles. The van der Waals surface area contributed by atoms with E-state index >= 15 is 0 Å². The number of hydrogen-bond acceptors (Lipinski definition) is 2. The molecule has 140 valence electrons. The van der Waals surface area contributed by atoms with Gasteiger partial charge in [-0.15, -0.1) is 6.58 Å². The summed E-state index contributed by atoms with van der Waals surface area (Å²) in [5.74, 6) is -0.824. The lowest BCUT2D eigenvalue weighted by Crippen LogP contribution is -2.09. The van der Waals surface area contributed by atoms with Crippen LogP contribution in [0.1, 0.15) is 96.3 Å². The summed E-state index contributed by atoms with van der Waals surface area (Å²) in [5.41, 5.74) is 0. The molecule has 0 aromatic rings. The Kier molecular flexibility index (Phi) is 17.4. The van der Waals surface area contributed by atoms with Gasteiger partial charge in [0.15, 0.2) is 0 Å². The van der Waals surface area contributed by atoms with Crippen molar-refractivity contribution in [3.63, 3.8) is 0 Å². The first-order chi connectivity index (χ1) is 11.7. The molecule has 0 heterocycles. The highest BCUT2D eigenvalue weighted by Crippen LogP contribution is 2.12. The van der Waals surface area contributed by atoms with Crippen LogP contribution in [-0.2, 0) is 4.79 Å². The van der Waals surface area contributed by atoms with Gasteiger partial charge >= 0.3 is 5.97 Å². The minimum atomic E-state index is -0.824. The summed E-state index contributed by atoms with van der Waals surface area (Å²) >= 11 is 0. The Bertz CT molecular complexity index is 323. The molecule has 3 nitrogen and oxygen atoms in total. The molecule has 0 bridgehead atoms. The average molecular weight is 339 g/mol.